The highest BCUT2D eigenvalue weighted by molar-refractivity contribution is 4.73. The Balaban J connectivity index is 2.25. The SMILES string of the molecule is COCc1[nH]cc[n+]1CCCCCC#N. The van der Waals surface area contributed by atoms with Gasteiger partial charge in [0, 0.05) is 13.5 Å². The lowest BCUT2D eigenvalue weighted by Crippen LogP contribution is -2.36. The number of nitrogens with zero attached hydrogens (tertiary/aromatic N) is 2. The van der Waals surface area contributed by atoms with E-state index in [1.54, 1.807) is 7.11 Å². The number of rotatable bonds is 7. The van der Waals surface area contributed by atoms with E-state index in [0.717, 1.165) is 31.6 Å². The van der Waals surface area contributed by atoms with Crippen LogP contribution in [0.3, 0.4) is 0 Å². The summed E-state index contributed by atoms with van der Waals surface area (Å²) >= 11 is 0. The summed E-state index contributed by atoms with van der Waals surface area (Å²) in [5.74, 6) is 1.10. The molecule has 1 N–H and O–H groups in total. The van der Waals surface area contributed by atoms with Crippen molar-refractivity contribution in [2.24, 2.45) is 0 Å². The first-order chi connectivity index (χ1) is 7.38. The lowest BCUT2D eigenvalue weighted by Gasteiger charge is -1.99. The molecule has 0 aromatic carbocycles. The van der Waals surface area contributed by atoms with Crippen LogP contribution in [0.4, 0.5) is 0 Å². The average molecular weight is 208 g/mol. The van der Waals surface area contributed by atoms with Gasteiger partial charge in [-0.2, -0.15) is 5.26 Å². The molecule has 0 atom stereocenters. The van der Waals surface area contributed by atoms with Gasteiger partial charge in [0.1, 0.15) is 19.0 Å². The Bertz CT molecular complexity index is 314. The normalized spacial score (nSPS) is 10.1. The lowest BCUT2D eigenvalue weighted by molar-refractivity contribution is -0.705. The van der Waals surface area contributed by atoms with Crippen LogP contribution in [0.5, 0.6) is 0 Å². The maximum atomic E-state index is 8.39. The molecule has 4 nitrogen and oxygen atoms in total. The number of H-pyrrole nitrogens is 1. The summed E-state index contributed by atoms with van der Waals surface area (Å²) in [5.41, 5.74) is 0. The summed E-state index contributed by atoms with van der Waals surface area (Å²) in [6, 6.07) is 2.16. The van der Waals surface area contributed by atoms with Gasteiger partial charge in [-0.25, -0.2) is 9.55 Å². The molecule has 1 rings (SSSR count). The summed E-state index contributed by atoms with van der Waals surface area (Å²) in [6.07, 6.45) is 7.84. The first-order valence-corrected chi connectivity index (χ1v) is 5.30. The number of ether oxygens (including phenoxy) is 1. The molecule has 0 radical (unpaired) electrons. The Hall–Kier alpha value is -1.34. The molecule has 0 bridgehead atoms. The largest absolute Gasteiger partial charge is 0.372 e. The number of hydrogen-bond acceptors (Lipinski definition) is 2. The monoisotopic (exact) mass is 208 g/mol. The van der Waals surface area contributed by atoms with Crippen molar-refractivity contribution < 1.29 is 9.30 Å². The van der Waals surface area contributed by atoms with E-state index in [2.05, 4.69) is 15.6 Å². The average Bonchev–Trinajstić information content (AvgIpc) is 2.66. The number of imidazole rings is 1. The second kappa shape index (κ2) is 7.02. The molecule has 0 aliphatic rings. The number of aromatic nitrogens is 2. The highest BCUT2D eigenvalue weighted by atomic mass is 16.5. The van der Waals surface area contributed by atoms with Crippen molar-refractivity contribution in [3.05, 3.63) is 18.2 Å². The van der Waals surface area contributed by atoms with Crippen molar-refractivity contribution in [2.75, 3.05) is 7.11 Å². The van der Waals surface area contributed by atoms with Crippen LogP contribution in [0, 0.1) is 11.3 Å². The van der Waals surface area contributed by atoms with Crippen LogP contribution in [0.15, 0.2) is 12.4 Å². The smallest absolute Gasteiger partial charge is 0.280 e. The van der Waals surface area contributed by atoms with Gasteiger partial charge in [0.25, 0.3) is 5.82 Å². The second-order valence-electron chi connectivity index (χ2n) is 3.50. The third kappa shape index (κ3) is 4.13. The third-order valence-electron chi connectivity index (χ3n) is 2.32. The summed E-state index contributed by atoms with van der Waals surface area (Å²) in [5, 5.41) is 8.39. The van der Waals surface area contributed by atoms with E-state index < -0.39 is 0 Å². The number of unbranched alkanes of at least 4 members (excludes halogenated alkanes) is 3. The van der Waals surface area contributed by atoms with Gasteiger partial charge in [0.15, 0.2) is 0 Å². The van der Waals surface area contributed by atoms with E-state index in [4.69, 9.17) is 10.00 Å². The maximum absolute atomic E-state index is 8.39. The van der Waals surface area contributed by atoms with Crippen molar-refractivity contribution in [2.45, 2.75) is 38.8 Å². The van der Waals surface area contributed by atoms with Crippen molar-refractivity contribution >= 4 is 0 Å². The van der Waals surface area contributed by atoms with Crippen molar-refractivity contribution in [3.8, 4) is 6.07 Å². The topological polar surface area (TPSA) is 52.7 Å². The number of nitrogens with one attached hydrogen (secondary N) is 1. The molecule has 0 fully saturated rings. The first-order valence-electron chi connectivity index (χ1n) is 5.30. The van der Waals surface area contributed by atoms with E-state index in [9.17, 15) is 0 Å². The zero-order chi connectivity index (χ0) is 10.9. The lowest BCUT2D eigenvalue weighted by atomic mass is 10.2. The van der Waals surface area contributed by atoms with Crippen LogP contribution in [-0.4, -0.2) is 12.1 Å². The Kier molecular flexibility index (Phi) is 5.49. The van der Waals surface area contributed by atoms with Gasteiger partial charge >= 0.3 is 0 Å². The zero-order valence-electron chi connectivity index (χ0n) is 9.20. The van der Waals surface area contributed by atoms with Gasteiger partial charge in [0.2, 0.25) is 0 Å². The fraction of sp³-hybridized carbons (Fsp3) is 0.636. The molecular weight excluding hydrogens is 190 g/mol. The third-order valence-corrected chi connectivity index (χ3v) is 2.32. The highest BCUT2D eigenvalue weighted by Crippen LogP contribution is 1.99. The van der Waals surface area contributed by atoms with Gasteiger partial charge in [-0.05, 0) is 19.3 Å². The van der Waals surface area contributed by atoms with E-state index >= 15 is 0 Å². The molecule has 1 heterocycles. The fourth-order valence-corrected chi connectivity index (χ4v) is 1.53. The molecule has 1 aromatic heterocycles. The number of methoxy groups -OCH3 is 1. The standard InChI is InChI=1S/C11H17N3O/c1-15-10-11-13-7-9-14(11)8-5-3-2-4-6-12/h7,9H,2-5,8,10H2,1H3/p+1. The molecule has 15 heavy (non-hydrogen) atoms. The summed E-state index contributed by atoms with van der Waals surface area (Å²) < 4.78 is 7.24. The van der Waals surface area contributed by atoms with E-state index in [-0.39, 0.29) is 0 Å². The van der Waals surface area contributed by atoms with Crippen LogP contribution in [0.25, 0.3) is 0 Å². The fourth-order valence-electron chi connectivity index (χ4n) is 1.53. The molecule has 0 aliphatic heterocycles. The van der Waals surface area contributed by atoms with E-state index in [1.165, 1.54) is 0 Å². The molecule has 4 heteroatoms. The van der Waals surface area contributed by atoms with Crippen molar-refractivity contribution in [1.29, 1.82) is 5.26 Å². The first kappa shape index (κ1) is 11.7. The van der Waals surface area contributed by atoms with Crippen molar-refractivity contribution in [3.63, 3.8) is 0 Å². The Morgan fingerprint density at radius 2 is 2.33 bits per heavy atom. The van der Waals surface area contributed by atoms with Crippen LogP contribution in [0.1, 0.15) is 31.5 Å². The minimum atomic E-state index is 0.616. The minimum absolute atomic E-state index is 0.616. The highest BCUT2D eigenvalue weighted by Gasteiger charge is 2.08. The molecular formula is C11H18N3O+. The molecule has 0 saturated carbocycles. The zero-order valence-corrected chi connectivity index (χ0v) is 9.20. The Morgan fingerprint density at radius 1 is 1.47 bits per heavy atom. The van der Waals surface area contributed by atoms with Crippen LogP contribution < -0.4 is 4.57 Å². The number of hydrogen-bond donors (Lipinski definition) is 1. The number of nitriles is 1. The molecule has 0 spiro atoms. The molecule has 0 aliphatic carbocycles. The predicted octanol–water partition coefficient (Wildman–Crippen LogP) is 1.53. The van der Waals surface area contributed by atoms with Gasteiger partial charge in [-0.15, -0.1) is 0 Å². The second-order valence-corrected chi connectivity index (χ2v) is 3.50. The van der Waals surface area contributed by atoms with Gasteiger partial charge in [0.05, 0.1) is 12.6 Å². The summed E-state index contributed by atoms with van der Waals surface area (Å²) in [6.45, 7) is 1.61. The molecule has 0 saturated heterocycles. The van der Waals surface area contributed by atoms with E-state index in [0.29, 0.717) is 13.0 Å². The van der Waals surface area contributed by atoms with Crippen LogP contribution >= 0.6 is 0 Å². The Labute approximate surface area is 90.5 Å². The predicted molar refractivity (Wildman–Crippen MR) is 55.8 cm³/mol. The van der Waals surface area contributed by atoms with Gasteiger partial charge < -0.3 is 4.74 Å². The molecule has 0 amide bonds. The summed E-state index contributed by atoms with van der Waals surface area (Å²) in [4.78, 5) is 3.14. The van der Waals surface area contributed by atoms with Crippen LogP contribution in [-0.2, 0) is 17.9 Å². The molecule has 82 valence electrons. The van der Waals surface area contributed by atoms with E-state index in [1.807, 2.05) is 12.4 Å². The number of aryl methyl sites for hydroxylation is 1. The Morgan fingerprint density at radius 3 is 3.07 bits per heavy atom. The van der Waals surface area contributed by atoms with Crippen LogP contribution in [0.2, 0.25) is 0 Å². The van der Waals surface area contributed by atoms with Gasteiger partial charge in [-0.3, -0.25) is 0 Å². The maximum Gasteiger partial charge on any atom is 0.280 e. The summed E-state index contributed by atoms with van der Waals surface area (Å²) in [7, 11) is 1.69. The number of aromatic amines is 1. The minimum Gasteiger partial charge on any atom is -0.372 e. The van der Waals surface area contributed by atoms with Gasteiger partial charge in [-0.1, -0.05) is 0 Å². The molecule has 0 unspecified atom stereocenters. The van der Waals surface area contributed by atoms with Crippen molar-refractivity contribution in [1.82, 2.24) is 4.98 Å². The quantitative estimate of drug-likeness (QED) is 0.545. The molecule has 1 aromatic rings.